The Bertz CT molecular complexity index is 677. The first-order valence-corrected chi connectivity index (χ1v) is 6.90. The Kier molecular flexibility index (Phi) is 3.77. The molecule has 4 heteroatoms. The summed E-state index contributed by atoms with van der Waals surface area (Å²) in [5, 5.41) is 0. The van der Waals surface area contributed by atoms with Crippen molar-refractivity contribution in [3.63, 3.8) is 0 Å². The van der Waals surface area contributed by atoms with Crippen molar-refractivity contribution < 1.29 is 13.9 Å². The van der Waals surface area contributed by atoms with Crippen LogP contribution in [0.2, 0.25) is 0 Å². The standard InChI is InChI=1S/C17H20FNO2/c1-9-10(2)19-15-13(18)7-12(17(3,4)5)11(8-20)14(15)16(9)21-6/h7,12H,1-6H3. The van der Waals surface area contributed by atoms with Crippen LogP contribution in [0.1, 0.15) is 43.3 Å². The molecule has 1 heterocycles. The Morgan fingerprint density at radius 3 is 2.43 bits per heavy atom. The summed E-state index contributed by atoms with van der Waals surface area (Å²) in [5.41, 5.74) is 2.22. The van der Waals surface area contributed by atoms with E-state index in [0.717, 1.165) is 5.56 Å². The summed E-state index contributed by atoms with van der Waals surface area (Å²) in [5.74, 6) is 1.73. The summed E-state index contributed by atoms with van der Waals surface area (Å²) >= 11 is 0. The van der Waals surface area contributed by atoms with Crippen molar-refractivity contribution in [2.45, 2.75) is 34.6 Å². The molecule has 2 rings (SSSR count). The van der Waals surface area contributed by atoms with E-state index in [4.69, 9.17) is 4.74 Å². The fraction of sp³-hybridized carbons (Fsp3) is 0.471. The topological polar surface area (TPSA) is 39.2 Å². The summed E-state index contributed by atoms with van der Waals surface area (Å²) in [4.78, 5) is 15.8. The highest BCUT2D eigenvalue weighted by molar-refractivity contribution is 5.98. The monoisotopic (exact) mass is 289 g/mol. The van der Waals surface area contributed by atoms with Gasteiger partial charge in [0, 0.05) is 17.2 Å². The quantitative estimate of drug-likeness (QED) is 0.736. The predicted octanol–water partition coefficient (Wildman–Crippen LogP) is 3.91. The number of halogens is 1. The molecule has 1 aromatic rings. The zero-order valence-corrected chi connectivity index (χ0v) is 13.3. The molecule has 0 saturated heterocycles. The number of methoxy groups -OCH3 is 1. The minimum atomic E-state index is -0.412. The first kappa shape index (κ1) is 15.5. The van der Waals surface area contributed by atoms with Crippen LogP contribution in [0.5, 0.6) is 5.75 Å². The molecule has 0 aliphatic heterocycles. The van der Waals surface area contributed by atoms with Gasteiger partial charge in [0.1, 0.15) is 23.2 Å². The zero-order valence-electron chi connectivity index (χ0n) is 13.3. The highest BCUT2D eigenvalue weighted by atomic mass is 19.1. The van der Waals surface area contributed by atoms with Crippen LogP contribution < -0.4 is 4.74 Å². The second kappa shape index (κ2) is 5.12. The van der Waals surface area contributed by atoms with Gasteiger partial charge in [-0.2, -0.15) is 0 Å². The Morgan fingerprint density at radius 2 is 1.95 bits per heavy atom. The number of nitrogens with zero attached hydrogens (tertiary/aromatic N) is 1. The van der Waals surface area contributed by atoms with E-state index in [9.17, 15) is 9.18 Å². The van der Waals surface area contributed by atoms with Crippen LogP contribution in [-0.2, 0) is 4.79 Å². The van der Waals surface area contributed by atoms with Gasteiger partial charge in [-0.25, -0.2) is 14.2 Å². The molecule has 0 bridgehead atoms. The molecule has 1 aromatic heterocycles. The zero-order chi connectivity index (χ0) is 15.9. The van der Waals surface area contributed by atoms with Crippen molar-refractivity contribution in [1.82, 2.24) is 4.98 Å². The third-order valence-electron chi connectivity index (χ3n) is 3.99. The Labute approximate surface area is 124 Å². The van der Waals surface area contributed by atoms with E-state index >= 15 is 0 Å². The third-order valence-corrected chi connectivity index (χ3v) is 3.99. The van der Waals surface area contributed by atoms with Gasteiger partial charge in [0.25, 0.3) is 0 Å². The number of carbonyl (C=O) groups excluding carboxylic acids is 1. The molecule has 0 radical (unpaired) electrons. The van der Waals surface area contributed by atoms with E-state index in [0.29, 0.717) is 22.6 Å². The fourth-order valence-corrected chi connectivity index (χ4v) is 2.71. The van der Waals surface area contributed by atoms with Gasteiger partial charge in [-0.1, -0.05) is 20.8 Å². The average molecular weight is 289 g/mol. The number of ether oxygens (including phenoxy) is 1. The molecule has 0 aromatic carbocycles. The number of aromatic nitrogens is 1. The number of hydrogen-bond acceptors (Lipinski definition) is 3. The maximum atomic E-state index is 14.5. The van der Waals surface area contributed by atoms with Crippen molar-refractivity contribution in [2.75, 3.05) is 7.11 Å². The largest absolute Gasteiger partial charge is 0.496 e. The summed E-state index contributed by atoms with van der Waals surface area (Å²) in [6.45, 7) is 9.54. The minimum absolute atomic E-state index is 0.175. The van der Waals surface area contributed by atoms with Crippen LogP contribution in [0, 0.1) is 25.2 Å². The van der Waals surface area contributed by atoms with E-state index in [2.05, 4.69) is 4.98 Å². The van der Waals surface area contributed by atoms with Gasteiger partial charge >= 0.3 is 0 Å². The molecule has 1 unspecified atom stereocenters. The molecule has 1 aliphatic rings. The van der Waals surface area contributed by atoms with E-state index < -0.39 is 5.83 Å². The molecule has 1 atom stereocenters. The molecule has 3 nitrogen and oxygen atoms in total. The predicted molar refractivity (Wildman–Crippen MR) is 81.4 cm³/mol. The first-order valence-electron chi connectivity index (χ1n) is 6.90. The number of allylic oxidation sites excluding steroid dienone is 2. The Balaban J connectivity index is 2.86. The normalized spacial score (nSPS) is 18.0. The summed E-state index contributed by atoms with van der Waals surface area (Å²) < 4.78 is 19.9. The van der Waals surface area contributed by atoms with Crippen molar-refractivity contribution >= 4 is 17.3 Å². The summed E-state index contributed by atoms with van der Waals surface area (Å²) in [6.07, 6.45) is 1.46. The number of hydrogen-bond donors (Lipinski definition) is 0. The van der Waals surface area contributed by atoms with Crippen LogP contribution in [0.25, 0.3) is 11.4 Å². The fourth-order valence-electron chi connectivity index (χ4n) is 2.71. The maximum Gasteiger partial charge on any atom is 0.146 e. The average Bonchev–Trinajstić information content (AvgIpc) is 2.40. The smallest absolute Gasteiger partial charge is 0.146 e. The van der Waals surface area contributed by atoms with Gasteiger partial charge in [-0.05, 0) is 25.3 Å². The lowest BCUT2D eigenvalue weighted by molar-refractivity contribution is 0.347. The number of rotatable bonds is 1. The van der Waals surface area contributed by atoms with Gasteiger partial charge in [0.2, 0.25) is 0 Å². The molecular formula is C17H20FNO2. The lowest BCUT2D eigenvalue weighted by Gasteiger charge is -2.33. The molecule has 21 heavy (non-hydrogen) atoms. The Hall–Kier alpha value is -1.93. The maximum absolute atomic E-state index is 14.5. The molecule has 0 N–H and O–H groups in total. The van der Waals surface area contributed by atoms with E-state index in [1.54, 1.807) is 6.92 Å². The van der Waals surface area contributed by atoms with E-state index in [1.165, 1.54) is 13.2 Å². The number of aryl methyl sites for hydroxylation is 1. The van der Waals surface area contributed by atoms with Crippen LogP contribution in [0.3, 0.4) is 0 Å². The van der Waals surface area contributed by atoms with Crippen molar-refractivity contribution in [1.29, 1.82) is 0 Å². The molecule has 0 spiro atoms. The molecule has 1 aliphatic carbocycles. The van der Waals surface area contributed by atoms with Gasteiger partial charge in [-0.15, -0.1) is 0 Å². The van der Waals surface area contributed by atoms with Crippen LogP contribution >= 0.6 is 0 Å². The number of pyridine rings is 1. The summed E-state index contributed by atoms with van der Waals surface area (Å²) in [6, 6.07) is 0. The molecule has 0 saturated carbocycles. The first-order chi connectivity index (χ1) is 9.72. The second-order valence-electron chi connectivity index (χ2n) is 6.45. The van der Waals surface area contributed by atoms with E-state index in [-0.39, 0.29) is 17.0 Å². The summed E-state index contributed by atoms with van der Waals surface area (Å²) in [7, 11) is 1.52. The van der Waals surface area contributed by atoms with Gasteiger partial charge in [0.15, 0.2) is 0 Å². The molecular weight excluding hydrogens is 269 g/mol. The minimum Gasteiger partial charge on any atom is -0.496 e. The second-order valence-corrected chi connectivity index (χ2v) is 6.45. The molecule has 112 valence electrons. The van der Waals surface area contributed by atoms with E-state index in [1.807, 2.05) is 33.6 Å². The van der Waals surface area contributed by atoms with Crippen LogP contribution in [-0.4, -0.2) is 18.0 Å². The molecule has 0 fully saturated rings. The van der Waals surface area contributed by atoms with Crippen molar-refractivity contribution in [3.05, 3.63) is 28.6 Å². The Morgan fingerprint density at radius 1 is 1.33 bits per heavy atom. The third kappa shape index (κ3) is 2.40. The highest BCUT2D eigenvalue weighted by Crippen LogP contribution is 2.48. The lowest BCUT2D eigenvalue weighted by atomic mass is 9.71. The van der Waals surface area contributed by atoms with Gasteiger partial charge in [0.05, 0.1) is 18.2 Å². The van der Waals surface area contributed by atoms with Crippen LogP contribution in [0.15, 0.2) is 6.08 Å². The van der Waals surface area contributed by atoms with Gasteiger partial charge < -0.3 is 4.74 Å². The van der Waals surface area contributed by atoms with Crippen molar-refractivity contribution in [2.24, 2.45) is 11.3 Å². The lowest BCUT2D eigenvalue weighted by Crippen LogP contribution is -2.24. The number of fused-ring (bicyclic) bond motifs is 1. The van der Waals surface area contributed by atoms with Crippen LogP contribution in [0.4, 0.5) is 4.39 Å². The SMILES string of the molecule is COc1c(C)c(C)nc2c1C(=C=O)C(C(C)(C)C)C=C2F. The highest BCUT2D eigenvalue weighted by Gasteiger charge is 2.37. The molecule has 0 amide bonds. The van der Waals surface area contributed by atoms with Crippen molar-refractivity contribution in [3.8, 4) is 5.75 Å². The van der Waals surface area contributed by atoms with Gasteiger partial charge in [-0.3, -0.25) is 0 Å².